The molecule has 0 radical (unpaired) electrons. The molecule has 0 N–H and O–H groups in total. The molecule has 0 saturated heterocycles. The first-order valence-corrected chi connectivity index (χ1v) is 8.10. The first kappa shape index (κ1) is 20.7. The van der Waals surface area contributed by atoms with E-state index >= 15 is 0 Å². The van der Waals surface area contributed by atoms with E-state index in [1.165, 1.54) is 6.92 Å². The lowest BCUT2D eigenvalue weighted by molar-refractivity contribution is -0.135. The Kier molecular flexibility index (Phi) is 5.22. The van der Waals surface area contributed by atoms with Gasteiger partial charge in [-0.1, -0.05) is 12.1 Å². The Labute approximate surface area is 151 Å². The third-order valence-corrected chi connectivity index (χ3v) is 4.00. The van der Waals surface area contributed by atoms with E-state index in [0.717, 1.165) is 33.4 Å². The van der Waals surface area contributed by atoms with Crippen LogP contribution < -0.4 is 17.1 Å². The van der Waals surface area contributed by atoms with Crippen molar-refractivity contribution in [1.82, 2.24) is 13.7 Å². The summed E-state index contributed by atoms with van der Waals surface area (Å²) in [4.78, 5) is 37.8. The van der Waals surface area contributed by atoms with Crippen LogP contribution in [0.15, 0.2) is 38.6 Å². The minimum atomic E-state index is -4.36. The van der Waals surface area contributed by atoms with Gasteiger partial charge in [0.2, 0.25) is 0 Å². The number of nitrogens with zero attached hydrogens (tertiary/aromatic N) is 3. The van der Waals surface area contributed by atoms with E-state index < -0.39 is 40.5 Å². The molecule has 0 aliphatic carbocycles. The fourth-order valence-corrected chi connectivity index (χ4v) is 2.61. The van der Waals surface area contributed by atoms with Crippen LogP contribution in [0.5, 0.6) is 0 Å². The van der Waals surface area contributed by atoms with Crippen LogP contribution >= 0.6 is 0 Å². The molecule has 0 fully saturated rings. The molecule has 10 heteroatoms. The summed E-state index contributed by atoms with van der Waals surface area (Å²) in [6.45, 7) is 6.30. The number of alkyl halides is 4. The fourth-order valence-electron chi connectivity index (χ4n) is 2.61. The zero-order valence-electron chi connectivity index (χ0n) is 15.2. The largest absolute Gasteiger partial charge is 0.341 e. The number of benzene rings is 1. The molecule has 0 atom stereocenters. The maximum absolute atomic E-state index is 13.4. The molecular formula is C17H19F4N3O3. The van der Waals surface area contributed by atoms with E-state index in [-0.39, 0.29) is 12.2 Å². The summed E-state index contributed by atoms with van der Waals surface area (Å²) in [5.41, 5.74) is -4.70. The van der Waals surface area contributed by atoms with Gasteiger partial charge < -0.3 is 0 Å². The third kappa shape index (κ3) is 3.47. The molecular weight excluding hydrogens is 370 g/mol. The average Bonchev–Trinajstić information content (AvgIpc) is 2.54. The summed E-state index contributed by atoms with van der Waals surface area (Å²) in [7, 11) is 0. The maximum Gasteiger partial charge on any atom is 0.341 e. The summed E-state index contributed by atoms with van der Waals surface area (Å²) in [6, 6.07) is 3.37. The molecule has 0 bridgehead atoms. The molecule has 0 saturated carbocycles. The van der Waals surface area contributed by atoms with Crippen molar-refractivity contribution in [3.63, 3.8) is 0 Å². The van der Waals surface area contributed by atoms with Crippen LogP contribution in [0.2, 0.25) is 0 Å². The highest BCUT2D eigenvalue weighted by atomic mass is 19.3. The Hall–Kier alpha value is -2.65. The van der Waals surface area contributed by atoms with Crippen LogP contribution in [0.1, 0.15) is 33.3 Å². The summed E-state index contributed by atoms with van der Waals surface area (Å²) in [5, 5.41) is 0. The first-order valence-electron chi connectivity index (χ1n) is 8.10. The highest BCUT2D eigenvalue weighted by Crippen LogP contribution is 2.34. The molecule has 1 aromatic carbocycles. The summed E-state index contributed by atoms with van der Waals surface area (Å²) >= 11 is 0. The molecule has 1 aromatic heterocycles. The minimum absolute atomic E-state index is 0.0183. The van der Waals surface area contributed by atoms with Gasteiger partial charge in [0.25, 0.3) is 0 Å². The van der Waals surface area contributed by atoms with Gasteiger partial charge in [-0.25, -0.2) is 36.9 Å². The van der Waals surface area contributed by atoms with Crippen molar-refractivity contribution in [1.29, 1.82) is 0 Å². The number of hydrogen-bond acceptors (Lipinski definition) is 3. The van der Waals surface area contributed by atoms with Crippen molar-refractivity contribution >= 4 is 0 Å². The van der Waals surface area contributed by atoms with E-state index in [2.05, 4.69) is 0 Å². The van der Waals surface area contributed by atoms with Gasteiger partial charge in [-0.3, -0.25) is 0 Å². The quantitative estimate of drug-likeness (QED) is 0.754. The zero-order valence-corrected chi connectivity index (χ0v) is 15.2. The van der Waals surface area contributed by atoms with E-state index in [0.29, 0.717) is 4.57 Å². The van der Waals surface area contributed by atoms with Gasteiger partial charge in [0.05, 0.1) is 5.69 Å². The second kappa shape index (κ2) is 6.82. The minimum Gasteiger partial charge on any atom is -0.247 e. The van der Waals surface area contributed by atoms with Crippen LogP contribution in [0.4, 0.5) is 17.6 Å². The van der Waals surface area contributed by atoms with Crippen molar-refractivity contribution in [2.75, 3.05) is 0 Å². The Morgan fingerprint density at radius 2 is 1.44 bits per heavy atom. The molecule has 1 heterocycles. The Morgan fingerprint density at radius 1 is 0.926 bits per heavy atom. The van der Waals surface area contributed by atoms with E-state index in [9.17, 15) is 31.9 Å². The summed E-state index contributed by atoms with van der Waals surface area (Å²) < 4.78 is 54.2. The summed E-state index contributed by atoms with van der Waals surface area (Å²) in [5.74, 6) is -4.36. The second-order valence-corrected chi connectivity index (χ2v) is 6.90. The highest BCUT2D eigenvalue weighted by Gasteiger charge is 2.42. The lowest BCUT2D eigenvalue weighted by Crippen LogP contribution is -2.57. The molecule has 0 aliphatic heterocycles. The van der Waals surface area contributed by atoms with Crippen LogP contribution in [-0.2, 0) is 18.0 Å². The van der Waals surface area contributed by atoms with Crippen LogP contribution in [0.3, 0.4) is 0 Å². The number of aromatic nitrogens is 3. The predicted octanol–water partition coefficient (Wildman–Crippen LogP) is 2.29. The molecule has 27 heavy (non-hydrogen) atoms. The molecule has 0 amide bonds. The van der Waals surface area contributed by atoms with Gasteiger partial charge in [0.1, 0.15) is 0 Å². The molecule has 2 aromatic rings. The van der Waals surface area contributed by atoms with Gasteiger partial charge in [-0.15, -0.1) is 0 Å². The van der Waals surface area contributed by atoms with Crippen LogP contribution in [-0.4, -0.2) is 20.1 Å². The number of hydrogen-bond donors (Lipinski definition) is 0. The van der Waals surface area contributed by atoms with Crippen molar-refractivity contribution in [3.8, 4) is 5.69 Å². The Morgan fingerprint density at radius 3 is 1.85 bits per heavy atom. The smallest absolute Gasteiger partial charge is 0.247 e. The number of rotatable bonds is 4. The predicted molar refractivity (Wildman–Crippen MR) is 91.1 cm³/mol. The maximum atomic E-state index is 13.4. The van der Waals surface area contributed by atoms with Gasteiger partial charge in [0.15, 0.2) is 0 Å². The van der Waals surface area contributed by atoms with Crippen molar-refractivity contribution in [2.24, 2.45) is 0 Å². The van der Waals surface area contributed by atoms with Crippen LogP contribution in [0.25, 0.3) is 5.69 Å². The second-order valence-electron chi connectivity index (χ2n) is 6.90. The Balaban J connectivity index is 2.79. The lowest BCUT2D eigenvalue weighted by atomic mass is 10.1. The fraction of sp³-hybridized carbons (Fsp3) is 0.471. The molecule has 2 rings (SSSR count). The monoisotopic (exact) mass is 389 g/mol. The topological polar surface area (TPSA) is 66.0 Å². The molecule has 6 nitrogen and oxygen atoms in total. The summed E-state index contributed by atoms with van der Waals surface area (Å²) in [6.07, 6.45) is -3.90. The first-order chi connectivity index (χ1) is 12.3. The molecule has 148 valence electrons. The van der Waals surface area contributed by atoms with E-state index in [1.54, 1.807) is 20.8 Å². The van der Waals surface area contributed by atoms with Crippen molar-refractivity contribution in [2.45, 2.75) is 52.1 Å². The Bertz CT molecular complexity index is 1010. The normalized spacial score (nSPS) is 12.6. The highest BCUT2D eigenvalue weighted by molar-refractivity contribution is 5.36. The van der Waals surface area contributed by atoms with Crippen LogP contribution in [0, 0.1) is 0 Å². The number of halogens is 4. The van der Waals surface area contributed by atoms with Crippen molar-refractivity contribution in [3.05, 3.63) is 61.3 Å². The van der Waals surface area contributed by atoms with Gasteiger partial charge in [-0.2, -0.15) is 8.78 Å². The van der Waals surface area contributed by atoms with Gasteiger partial charge in [-0.05, 0) is 39.8 Å². The van der Waals surface area contributed by atoms with Gasteiger partial charge in [0, 0.05) is 17.6 Å². The molecule has 0 unspecified atom stereocenters. The lowest BCUT2D eigenvalue weighted by Gasteiger charge is -2.23. The molecule has 0 spiro atoms. The standard InChI is InChI=1S/C17H19F4N3O3/c1-5-22-13(25)23(15(27)24(14(22)26)16(2,3)4)11-8-6-10(7-9-11)17(20,21)12(18)19/h6-9,12H,5H2,1-4H3. The zero-order chi connectivity index (χ0) is 20.7. The van der Waals surface area contributed by atoms with E-state index in [4.69, 9.17) is 0 Å². The SMILES string of the molecule is CCn1c(=O)n(-c2ccc(C(F)(F)C(F)F)cc2)c(=O)n(C(C)(C)C)c1=O. The van der Waals surface area contributed by atoms with Gasteiger partial charge >= 0.3 is 29.4 Å². The van der Waals surface area contributed by atoms with Crippen molar-refractivity contribution < 1.29 is 17.6 Å². The average molecular weight is 389 g/mol. The molecule has 0 aliphatic rings. The van der Waals surface area contributed by atoms with E-state index in [1.807, 2.05) is 0 Å². The third-order valence-electron chi connectivity index (χ3n) is 4.00.